The first-order valence-electron chi connectivity index (χ1n) is 3.59. The fourth-order valence-corrected chi connectivity index (χ4v) is 6.49. The van der Waals surface area contributed by atoms with Crippen LogP contribution < -0.4 is 0 Å². The number of hydrogen-bond acceptors (Lipinski definition) is 1. The van der Waals surface area contributed by atoms with E-state index in [1.165, 1.54) is 12.8 Å². The molecule has 0 spiro atoms. The van der Waals surface area contributed by atoms with E-state index in [1.807, 2.05) is 0 Å². The van der Waals surface area contributed by atoms with E-state index in [1.54, 1.807) is 0 Å². The molecule has 0 unspecified atom stereocenters. The zero-order chi connectivity index (χ0) is 7.45. The first-order valence-corrected chi connectivity index (χ1v) is 9.28. The highest BCUT2D eigenvalue weighted by Crippen LogP contribution is 2.24. The average molecular weight is 215 g/mol. The number of hydrogen-bond donors (Lipinski definition) is 0. The number of ether oxygens (including phenoxy) is 1. The van der Waals surface area contributed by atoms with Crippen molar-refractivity contribution >= 4 is 39.8 Å². The monoisotopic (exact) mass is 214 g/mol. The topological polar surface area (TPSA) is 9.23 Å². The van der Waals surface area contributed by atoms with Gasteiger partial charge >= 0.3 is 0 Å². The van der Waals surface area contributed by atoms with Crippen LogP contribution in [0.1, 0.15) is 19.3 Å². The molecule has 1 aliphatic heterocycles. The maximum Gasteiger partial charge on any atom is 0.157 e. The highest BCUT2D eigenvalue weighted by atomic mass is 35.6. The van der Waals surface area contributed by atoms with Crippen LogP contribution in [0.3, 0.4) is 0 Å². The van der Waals surface area contributed by atoms with Crippen molar-refractivity contribution in [2.24, 2.45) is 0 Å². The quantitative estimate of drug-likeness (QED) is 0.481. The molecule has 10 heavy (non-hydrogen) atoms. The molecule has 1 nitrogen and oxygen atoms in total. The molecule has 60 valence electrons. The Morgan fingerprint density at radius 1 is 1.20 bits per heavy atom. The fraction of sp³-hybridized carbons (Fsp3) is 1.00. The van der Waals surface area contributed by atoms with Crippen molar-refractivity contribution in [1.29, 1.82) is 0 Å². The number of halogens is 2. The highest BCUT2D eigenvalue weighted by molar-refractivity contribution is 7.08. The van der Waals surface area contributed by atoms with Gasteiger partial charge < -0.3 is 4.74 Å². The van der Waals surface area contributed by atoms with Gasteiger partial charge in [0.25, 0.3) is 0 Å². The second-order valence-electron chi connectivity index (χ2n) is 2.76. The summed E-state index contributed by atoms with van der Waals surface area (Å²) >= 11 is 11.8. The minimum atomic E-state index is -0.559. The second-order valence-corrected chi connectivity index (χ2v) is 8.47. The minimum Gasteiger partial charge on any atom is -0.380 e. The molecule has 0 atom stereocenters. The van der Waals surface area contributed by atoms with E-state index in [2.05, 4.69) is 0 Å². The van der Waals surface area contributed by atoms with Crippen LogP contribution in [-0.4, -0.2) is 29.1 Å². The Morgan fingerprint density at radius 3 is 2.20 bits per heavy atom. The Kier molecular flexibility index (Phi) is 3.73. The van der Waals surface area contributed by atoms with Crippen LogP contribution in [-0.2, 0) is 4.74 Å². The van der Waals surface area contributed by atoms with Gasteiger partial charge in [-0.25, -0.2) is 0 Å². The van der Waals surface area contributed by atoms with Gasteiger partial charge in [-0.3, -0.25) is 0 Å². The first kappa shape index (κ1) is 9.06. The minimum absolute atomic E-state index is 0.0708. The Balaban J connectivity index is 2.44. The Labute approximate surface area is 75.5 Å². The van der Waals surface area contributed by atoms with Crippen LogP contribution in [0.2, 0.25) is 0 Å². The summed E-state index contributed by atoms with van der Waals surface area (Å²) in [5.41, 5.74) is 0. The molecule has 5 heteroatoms. The van der Waals surface area contributed by atoms with E-state index in [0.717, 1.165) is 13.0 Å². The summed E-state index contributed by atoms with van der Waals surface area (Å²) < 4.78 is 5.62. The van der Waals surface area contributed by atoms with Crippen molar-refractivity contribution in [3.8, 4) is 0 Å². The van der Waals surface area contributed by atoms with Gasteiger partial charge in [0.15, 0.2) is 17.7 Å². The third kappa shape index (κ3) is 1.98. The molecular weight excluding hydrogens is 203 g/mol. The van der Waals surface area contributed by atoms with Gasteiger partial charge in [0.1, 0.15) is 0 Å². The van der Waals surface area contributed by atoms with Crippen LogP contribution in [0.25, 0.3) is 0 Å². The molecule has 1 rings (SSSR count). The van der Waals surface area contributed by atoms with Gasteiger partial charge in [-0.15, -0.1) is 0 Å². The van der Waals surface area contributed by atoms with Gasteiger partial charge in [0.2, 0.25) is 0 Å². The molecule has 0 aromatic carbocycles. The largest absolute Gasteiger partial charge is 0.380 e. The third-order valence-electron chi connectivity index (χ3n) is 1.92. The van der Waals surface area contributed by atoms with Gasteiger partial charge in [-0.05, 0) is 19.3 Å². The summed E-state index contributed by atoms with van der Waals surface area (Å²) in [6.07, 6.45) is 3.59. The lowest BCUT2D eigenvalue weighted by molar-refractivity contribution is 0.0364. The van der Waals surface area contributed by atoms with Crippen molar-refractivity contribution in [2.45, 2.75) is 24.1 Å². The van der Waals surface area contributed by atoms with Crippen LogP contribution in [0.4, 0.5) is 0 Å². The Hall–Kier alpha value is 0.974. The lowest BCUT2D eigenvalue weighted by Gasteiger charge is -2.33. The molecule has 0 aromatic heterocycles. The smallest absolute Gasteiger partial charge is 0.157 e. The van der Waals surface area contributed by atoms with E-state index in [4.69, 9.17) is 26.9 Å². The third-order valence-corrected chi connectivity index (χ3v) is 10.3. The van der Waals surface area contributed by atoms with E-state index < -0.39 is 17.7 Å². The van der Waals surface area contributed by atoms with Gasteiger partial charge in [0.05, 0.1) is 4.85 Å². The molecule has 0 aromatic rings. The maximum atomic E-state index is 5.90. The van der Waals surface area contributed by atoms with E-state index in [0.29, 0.717) is 0 Å². The summed E-state index contributed by atoms with van der Waals surface area (Å²) in [4.78, 5) is 0.0708. The average Bonchev–Trinajstić information content (AvgIpc) is 2.06. The van der Waals surface area contributed by atoms with Gasteiger partial charge in [-0.2, -0.15) is 22.2 Å². The molecular formula is C5H12Cl2OSi2. The molecule has 0 aliphatic carbocycles. The summed E-state index contributed by atoms with van der Waals surface area (Å²) in [5.74, 6) is 0. The second kappa shape index (κ2) is 4.11. The SMILES string of the molecule is Cl[SiH2]C1([SiH2]Cl)CCCCO1. The summed E-state index contributed by atoms with van der Waals surface area (Å²) in [6, 6.07) is 0. The molecule has 0 amide bonds. The van der Waals surface area contributed by atoms with Crippen molar-refractivity contribution in [1.82, 2.24) is 0 Å². The van der Waals surface area contributed by atoms with E-state index >= 15 is 0 Å². The summed E-state index contributed by atoms with van der Waals surface area (Å²) in [7, 11) is -1.12. The summed E-state index contributed by atoms with van der Waals surface area (Å²) in [6.45, 7) is 0.888. The van der Waals surface area contributed by atoms with E-state index in [9.17, 15) is 0 Å². The van der Waals surface area contributed by atoms with Gasteiger partial charge in [0, 0.05) is 6.61 Å². The van der Waals surface area contributed by atoms with Crippen LogP contribution >= 0.6 is 22.2 Å². The molecule has 0 saturated carbocycles. The zero-order valence-electron chi connectivity index (χ0n) is 5.91. The first-order chi connectivity index (χ1) is 4.83. The molecule has 1 aliphatic rings. The maximum absolute atomic E-state index is 5.90. The van der Waals surface area contributed by atoms with Crippen LogP contribution in [0, 0.1) is 0 Å². The fourth-order valence-electron chi connectivity index (χ4n) is 1.16. The number of rotatable bonds is 2. The van der Waals surface area contributed by atoms with Crippen LogP contribution in [0.15, 0.2) is 0 Å². The van der Waals surface area contributed by atoms with E-state index in [-0.39, 0.29) is 4.85 Å². The molecule has 0 N–H and O–H groups in total. The molecule has 1 fully saturated rings. The molecule has 1 heterocycles. The highest BCUT2D eigenvalue weighted by Gasteiger charge is 2.32. The zero-order valence-corrected chi connectivity index (χ0v) is 10.2. The Morgan fingerprint density at radius 2 is 1.90 bits per heavy atom. The Bertz CT molecular complexity index is 99.8. The standard InChI is InChI=1S/C5H12Cl2OSi2/c6-9-5(10-7)3-1-2-4-8-5/h1-4,9-10H2. The van der Waals surface area contributed by atoms with Gasteiger partial charge in [-0.1, -0.05) is 0 Å². The summed E-state index contributed by atoms with van der Waals surface area (Å²) in [5, 5.41) is 0. The van der Waals surface area contributed by atoms with Crippen molar-refractivity contribution in [3.63, 3.8) is 0 Å². The predicted octanol–water partition coefficient (Wildman–Crippen LogP) is 0.486. The lowest BCUT2D eigenvalue weighted by atomic mass is 10.2. The molecule has 0 radical (unpaired) electrons. The van der Waals surface area contributed by atoms with Crippen molar-refractivity contribution in [3.05, 3.63) is 0 Å². The molecule has 1 saturated heterocycles. The lowest BCUT2D eigenvalue weighted by Crippen LogP contribution is -2.44. The van der Waals surface area contributed by atoms with Crippen LogP contribution in [0.5, 0.6) is 0 Å². The van der Waals surface area contributed by atoms with Crippen molar-refractivity contribution in [2.75, 3.05) is 6.61 Å². The molecule has 0 bridgehead atoms. The predicted molar refractivity (Wildman–Crippen MR) is 51.3 cm³/mol. The van der Waals surface area contributed by atoms with Crippen molar-refractivity contribution < 1.29 is 4.74 Å². The normalized spacial score (nSPS) is 36.6.